The Morgan fingerprint density at radius 2 is 1.53 bits per heavy atom. The van der Waals surface area contributed by atoms with E-state index in [9.17, 15) is 9.59 Å². The van der Waals surface area contributed by atoms with Crippen LogP contribution >= 0.6 is 0 Å². The second-order valence-corrected chi connectivity index (χ2v) is 6.82. The number of benzene rings is 3. The third kappa shape index (κ3) is 5.61. The predicted octanol–water partition coefficient (Wildman–Crippen LogP) is 3.98. The lowest BCUT2D eigenvalue weighted by Crippen LogP contribution is -2.26. The van der Waals surface area contributed by atoms with Gasteiger partial charge in [0.2, 0.25) is 5.91 Å². The van der Waals surface area contributed by atoms with Gasteiger partial charge in [-0.05, 0) is 36.8 Å². The minimum atomic E-state index is -0.241. The lowest BCUT2D eigenvalue weighted by Gasteiger charge is -2.13. The van der Waals surface area contributed by atoms with E-state index in [1.165, 1.54) is 5.56 Å². The molecule has 0 saturated carbocycles. The third-order valence-corrected chi connectivity index (χ3v) is 4.57. The van der Waals surface area contributed by atoms with E-state index in [0.717, 1.165) is 5.56 Å². The van der Waals surface area contributed by atoms with E-state index in [0.29, 0.717) is 29.2 Å². The highest BCUT2D eigenvalue weighted by Crippen LogP contribution is 2.23. The van der Waals surface area contributed by atoms with Crippen molar-refractivity contribution in [3.05, 3.63) is 89.5 Å². The molecule has 3 aromatic carbocycles. The molecule has 0 aliphatic rings. The van der Waals surface area contributed by atoms with Gasteiger partial charge in [-0.2, -0.15) is 0 Å². The molecule has 0 bridgehead atoms. The zero-order valence-electron chi connectivity index (χ0n) is 17.1. The summed E-state index contributed by atoms with van der Waals surface area (Å²) < 4.78 is 5.24. The van der Waals surface area contributed by atoms with Gasteiger partial charge in [0, 0.05) is 12.2 Å². The van der Waals surface area contributed by atoms with Crippen LogP contribution in [0.1, 0.15) is 21.5 Å². The summed E-state index contributed by atoms with van der Waals surface area (Å²) in [5, 5.41) is 8.77. The van der Waals surface area contributed by atoms with Crippen molar-refractivity contribution in [1.82, 2.24) is 5.32 Å². The smallest absolute Gasteiger partial charge is 0.253 e. The summed E-state index contributed by atoms with van der Waals surface area (Å²) in [7, 11) is 1.55. The van der Waals surface area contributed by atoms with Gasteiger partial charge in [0.15, 0.2) is 0 Å². The first-order valence-electron chi connectivity index (χ1n) is 9.66. The van der Waals surface area contributed by atoms with Gasteiger partial charge in [0.25, 0.3) is 5.91 Å². The monoisotopic (exact) mass is 403 g/mol. The molecule has 0 aromatic heterocycles. The number of ether oxygens (including phenoxy) is 1. The average molecular weight is 403 g/mol. The van der Waals surface area contributed by atoms with Crippen LogP contribution in [0.2, 0.25) is 0 Å². The van der Waals surface area contributed by atoms with Crippen LogP contribution in [0.15, 0.2) is 72.8 Å². The molecular formula is C24H25N3O3. The minimum Gasteiger partial charge on any atom is -0.495 e. The Labute approximate surface area is 176 Å². The van der Waals surface area contributed by atoms with Crippen LogP contribution in [0, 0.1) is 6.92 Å². The van der Waals surface area contributed by atoms with E-state index in [4.69, 9.17) is 4.74 Å². The lowest BCUT2D eigenvalue weighted by molar-refractivity contribution is -0.114. The summed E-state index contributed by atoms with van der Waals surface area (Å²) in [5.41, 5.74) is 3.86. The molecule has 2 amide bonds. The molecule has 3 N–H and O–H groups in total. The number of para-hydroxylation sites is 3. The number of rotatable bonds is 8. The SMILES string of the molecule is COc1ccccc1NC(=O)CNc1ccccc1C(=O)NCc1ccc(C)cc1. The van der Waals surface area contributed by atoms with Gasteiger partial charge < -0.3 is 20.7 Å². The van der Waals surface area contributed by atoms with Crippen LogP contribution < -0.4 is 20.7 Å². The second-order valence-electron chi connectivity index (χ2n) is 6.82. The Hall–Kier alpha value is -3.80. The first kappa shape index (κ1) is 20.9. The van der Waals surface area contributed by atoms with Crippen molar-refractivity contribution in [2.24, 2.45) is 0 Å². The van der Waals surface area contributed by atoms with Gasteiger partial charge in [-0.15, -0.1) is 0 Å². The summed E-state index contributed by atoms with van der Waals surface area (Å²) in [4.78, 5) is 25.0. The predicted molar refractivity (Wildman–Crippen MR) is 119 cm³/mol. The van der Waals surface area contributed by atoms with E-state index in [1.807, 2.05) is 49.4 Å². The average Bonchev–Trinajstić information content (AvgIpc) is 2.77. The zero-order valence-corrected chi connectivity index (χ0v) is 17.1. The van der Waals surface area contributed by atoms with Crippen LogP contribution in [0.5, 0.6) is 5.75 Å². The first-order chi connectivity index (χ1) is 14.6. The molecule has 3 rings (SSSR count). The molecule has 0 spiro atoms. The van der Waals surface area contributed by atoms with Gasteiger partial charge in [0.1, 0.15) is 5.75 Å². The van der Waals surface area contributed by atoms with E-state index >= 15 is 0 Å². The van der Waals surface area contributed by atoms with Gasteiger partial charge in [-0.1, -0.05) is 54.1 Å². The summed E-state index contributed by atoms with van der Waals surface area (Å²) in [6.07, 6.45) is 0. The van der Waals surface area contributed by atoms with E-state index in [-0.39, 0.29) is 18.4 Å². The Balaban J connectivity index is 1.59. The zero-order chi connectivity index (χ0) is 21.3. The van der Waals surface area contributed by atoms with E-state index in [2.05, 4.69) is 16.0 Å². The Bertz CT molecular complexity index is 1020. The van der Waals surface area contributed by atoms with E-state index < -0.39 is 0 Å². The van der Waals surface area contributed by atoms with Crippen LogP contribution in [0.4, 0.5) is 11.4 Å². The highest BCUT2D eigenvalue weighted by Gasteiger charge is 2.12. The van der Waals surface area contributed by atoms with Crippen molar-refractivity contribution < 1.29 is 14.3 Å². The third-order valence-electron chi connectivity index (χ3n) is 4.57. The highest BCUT2D eigenvalue weighted by molar-refractivity contribution is 6.01. The largest absolute Gasteiger partial charge is 0.495 e. The molecule has 0 aliphatic heterocycles. The first-order valence-corrected chi connectivity index (χ1v) is 9.66. The minimum absolute atomic E-state index is 0.0142. The molecule has 6 heteroatoms. The second kappa shape index (κ2) is 10.1. The number of anilines is 2. The summed E-state index contributed by atoms with van der Waals surface area (Å²) >= 11 is 0. The van der Waals surface area contributed by atoms with Crippen LogP contribution in [0.3, 0.4) is 0 Å². The van der Waals surface area contributed by atoms with Gasteiger partial charge in [-0.3, -0.25) is 9.59 Å². The molecule has 0 radical (unpaired) electrons. The number of amides is 2. The number of carbonyl (C=O) groups excluding carboxylic acids is 2. The molecule has 154 valence electrons. The lowest BCUT2D eigenvalue weighted by atomic mass is 10.1. The Morgan fingerprint density at radius 3 is 2.27 bits per heavy atom. The number of aryl methyl sites for hydroxylation is 1. The van der Waals surface area contributed by atoms with Gasteiger partial charge in [-0.25, -0.2) is 0 Å². The van der Waals surface area contributed by atoms with Crippen molar-refractivity contribution >= 4 is 23.2 Å². The molecule has 0 aliphatic carbocycles. The number of hydrogen-bond donors (Lipinski definition) is 3. The number of nitrogens with one attached hydrogen (secondary N) is 3. The normalized spacial score (nSPS) is 10.2. The molecule has 0 atom stereocenters. The summed E-state index contributed by atoms with van der Waals surface area (Å²) in [5.74, 6) is 0.139. The quantitative estimate of drug-likeness (QED) is 0.531. The number of methoxy groups -OCH3 is 1. The van der Waals surface area contributed by atoms with Gasteiger partial charge >= 0.3 is 0 Å². The van der Waals surface area contributed by atoms with Crippen molar-refractivity contribution in [3.63, 3.8) is 0 Å². The van der Waals surface area contributed by atoms with Crippen molar-refractivity contribution in [3.8, 4) is 5.75 Å². The molecule has 6 nitrogen and oxygen atoms in total. The molecule has 0 unspecified atom stereocenters. The highest BCUT2D eigenvalue weighted by atomic mass is 16.5. The standard InChI is InChI=1S/C24H25N3O3/c1-17-11-13-18(14-12-17)15-26-24(29)19-7-3-4-8-20(19)25-16-23(28)27-21-9-5-6-10-22(21)30-2/h3-14,25H,15-16H2,1-2H3,(H,26,29)(H,27,28). The molecule has 3 aromatic rings. The van der Waals surface area contributed by atoms with E-state index in [1.54, 1.807) is 37.4 Å². The molecular weight excluding hydrogens is 378 g/mol. The van der Waals surface area contributed by atoms with Crippen molar-refractivity contribution in [2.45, 2.75) is 13.5 Å². The molecule has 30 heavy (non-hydrogen) atoms. The maximum atomic E-state index is 12.7. The Kier molecular flexibility index (Phi) is 7.05. The summed E-state index contributed by atoms with van der Waals surface area (Å²) in [6.45, 7) is 2.47. The molecule has 0 fully saturated rings. The maximum absolute atomic E-state index is 12.7. The van der Waals surface area contributed by atoms with Crippen LogP contribution in [0.25, 0.3) is 0 Å². The fraction of sp³-hybridized carbons (Fsp3) is 0.167. The summed E-state index contributed by atoms with van der Waals surface area (Å²) in [6, 6.07) is 22.3. The maximum Gasteiger partial charge on any atom is 0.253 e. The number of carbonyl (C=O) groups is 2. The van der Waals surface area contributed by atoms with Crippen molar-refractivity contribution in [2.75, 3.05) is 24.3 Å². The molecule has 0 saturated heterocycles. The topological polar surface area (TPSA) is 79.5 Å². The van der Waals surface area contributed by atoms with Gasteiger partial charge in [0.05, 0.1) is 24.9 Å². The van der Waals surface area contributed by atoms with Crippen LogP contribution in [-0.2, 0) is 11.3 Å². The van der Waals surface area contributed by atoms with Crippen LogP contribution in [-0.4, -0.2) is 25.5 Å². The van der Waals surface area contributed by atoms with Crippen molar-refractivity contribution in [1.29, 1.82) is 0 Å². The Morgan fingerprint density at radius 1 is 0.867 bits per heavy atom. The number of hydrogen-bond acceptors (Lipinski definition) is 4. The fourth-order valence-corrected chi connectivity index (χ4v) is 2.94. The molecule has 0 heterocycles. The fourth-order valence-electron chi connectivity index (χ4n) is 2.94.